The van der Waals surface area contributed by atoms with Crippen LogP contribution in [0.3, 0.4) is 0 Å². The quantitative estimate of drug-likeness (QED) is 0.311. The van der Waals surface area contributed by atoms with Gasteiger partial charge in [-0.15, -0.1) is 0 Å². The molecule has 3 aromatic carbocycles. The van der Waals surface area contributed by atoms with Crippen LogP contribution in [0.25, 0.3) is 0 Å². The molecule has 0 saturated heterocycles. The number of sulfonamides is 2. The van der Waals surface area contributed by atoms with Gasteiger partial charge in [0.1, 0.15) is 6.54 Å². The molecular formula is C21H17BrCl3N3O5S2. The van der Waals surface area contributed by atoms with Crippen LogP contribution >= 0.6 is 50.7 Å². The zero-order chi connectivity index (χ0) is 26.0. The maximum atomic E-state index is 12.6. The Morgan fingerprint density at radius 2 is 1.40 bits per heavy atom. The highest BCUT2D eigenvalue weighted by molar-refractivity contribution is 9.10. The summed E-state index contributed by atoms with van der Waals surface area (Å²) in [5, 5.41) is 2.71. The Kier molecular flexibility index (Phi) is 8.61. The molecule has 186 valence electrons. The summed E-state index contributed by atoms with van der Waals surface area (Å²) in [5.74, 6) is -0.693. The number of benzene rings is 3. The lowest BCUT2D eigenvalue weighted by Gasteiger charge is -2.23. The maximum absolute atomic E-state index is 12.6. The number of anilines is 3. The number of amides is 1. The van der Waals surface area contributed by atoms with E-state index in [4.69, 9.17) is 34.8 Å². The van der Waals surface area contributed by atoms with Gasteiger partial charge < -0.3 is 5.32 Å². The number of nitrogens with zero attached hydrogens (tertiary/aromatic N) is 1. The molecule has 0 radical (unpaired) electrons. The molecule has 0 aliphatic carbocycles. The predicted octanol–water partition coefficient (Wildman–Crippen LogP) is 5.61. The number of carbonyl (C=O) groups is 1. The summed E-state index contributed by atoms with van der Waals surface area (Å²) < 4.78 is 53.9. The molecule has 2 N–H and O–H groups in total. The van der Waals surface area contributed by atoms with Crippen LogP contribution in [0.15, 0.2) is 70.0 Å². The van der Waals surface area contributed by atoms with Crippen molar-refractivity contribution in [2.45, 2.75) is 4.90 Å². The first kappa shape index (κ1) is 27.6. The minimum Gasteiger partial charge on any atom is -0.325 e. The lowest BCUT2D eigenvalue weighted by molar-refractivity contribution is -0.114. The Labute approximate surface area is 226 Å². The molecule has 0 atom stereocenters. The lowest BCUT2D eigenvalue weighted by atomic mass is 10.3. The molecule has 0 heterocycles. The molecule has 1 amide bonds. The van der Waals surface area contributed by atoms with E-state index in [0.717, 1.165) is 15.0 Å². The average molecular weight is 642 g/mol. The monoisotopic (exact) mass is 639 g/mol. The number of hydrogen-bond acceptors (Lipinski definition) is 5. The highest BCUT2D eigenvalue weighted by Crippen LogP contribution is 2.35. The summed E-state index contributed by atoms with van der Waals surface area (Å²) >= 11 is 21.3. The van der Waals surface area contributed by atoms with Crippen molar-refractivity contribution in [3.8, 4) is 0 Å². The van der Waals surface area contributed by atoms with Crippen LogP contribution in [-0.2, 0) is 24.8 Å². The smallest absolute Gasteiger partial charge is 0.261 e. The predicted molar refractivity (Wildman–Crippen MR) is 144 cm³/mol. The zero-order valence-electron chi connectivity index (χ0n) is 17.8. The topological polar surface area (TPSA) is 113 Å². The van der Waals surface area contributed by atoms with E-state index < -0.39 is 32.5 Å². The summed E-state index contributed by atoms with van der Waals surface area (Å²) in [7, 11) is -7.78. The summed E-state index contributed by atoms with van der Waals surface area (Å²) in [4.78, 5) is 12.6. The Morgan fingerprint density at radius 1 is 0.857 bits per heavy atom. The summed E-state index contributed by atoms with van der Waals surface area (Å²) in [6, 6.07) is 14.5. The first-order valence-corrected chi connectivity index (χ1v) is 14.8. The minimum atomic E-state index is -3.92. The summed E-state index contributed by atoms with van der Waals surface area (Å²) in [5.41, 5.74) is 0.623. The molecule has 0 bridgehead atoms. The molecule has 0 saturated carbocycles. The fourth-order valence-electron chi connectivity index (χ4n) is 2.86. The van der Waals surface area contributed by atoms with Crippen molar-refractivity contribution in [2.24, 2.45) is 0 Å². The van der Waals surface area contributed by atoms with Gasteiger partial charge in [0.2, 0.25) is 15.9 Å². The minimum absolute atomic E-state index is 0.00883. The third-order valence-corrected chi connectivity index (χ3v) is 8.57. The molecule has 3 aromatic rings. The van der Waals surface area contributed by atoms with Gasteiger partial charge in [-0.2, -0.15) is 0 Å². The molecule has 35 heavy (non-hydrogen) atoms. The number of halogens is 4. The standard InChI is InChI=1S/C21H17BrCl3N3O5S2/c1-34(30,31)28(20-11-18(24)17(23)10-19(20)25)12-21(29)26-14-6-8-16(9-7-14)35(32,33)27-15-4-2-13(22)3-5-15/h2-11,27H,12H2,1H3,(H,26,29). The summed E-state index contributed by atoms with van der Waals surface area (Å²) in [6.45, 7) is -0.609. The van der Waals surface area contributed by atoms with E-state index in [2.05, 4.69) is 26.0 Å². The van der Waals surface area contributed by atoms with Crippen LogP contribution in [0.5, 0.6) is 0 Å². The molecule has 14 heteroatoms. The largest absolute Gasteiger partial charge is 0.325 e. The fourth-order valence-corrected chi connectivity index (χ4v) is 5.74. The van der Waals surface area contributed by atoms with Gasteiger partial charge in [-0.1, -0.05) is 50.7 Å². The fraction of sp³-hybridized carbons (Fsp3) is 0.0952. The summed E-state index contributed by atoms with van der Waals surface area (Å²) in [6.07, 6.45) is 0.914. The normalized spacial score (nSPS) is 11.7. The van der Waals surface area contributed by atoms with Crippen molar-refractivity contribution in [2.75, 3.05) is 27.1 Å². The van der Waals surface area contributed by atoms with E-state index in [1.54, 1.807) is 24.3 Å². The van der Waals surface area contributed by atoms with E-state index in [1.807, 2.05) is 0 Å². The highest BCUT2D eigenvalue weighted by atomic mass is 79.9. The number of rotatable bonds is 8. The second-order valence-electron chi connectivity index (χ2n) is 7.17. The van der Waals surface area contributed by atoms with E-state index in [-0.39, 0.29) is 31.3 Å². The molecule has 0 spiro atoms. The Balaban J connectivity index is 1.74. The van der Waals surface area contributed by atoms with Gasteiger partial charge in [-0.3, -0.25) is 13.8 Å². The van der Waals surface area contributed by atoms with Crippen molar-refractivity contribution < 1.29 is 21.6 Å². The van der Waals surface area contributed by atoms with Crippen molar-refractivity contribution in [3.05, 3.63) is 80.2 Å². The second kappa shape index (κ2) is 10.9. The molecule has 0 aliphatic heterocycles. The van der Waals surface area contributed by atoms with Crippen molar-refractivity contribution in [1.82, 2.24) is 0 Å². The van der Waals surface area contributed by atoms with E-state index in [1.165, 1.54) is 36.4 Å². The van der Waals surface area contributed by atoms with Gasteiger partial charge >= 0.3 is 0 Å². The molecule has 0 fully saturated rings. The van der Waals surface area contributed by atoms with E-state index in [9.17, 15) is 21.6 Å². The first-order chi connectivity index (χ1) is 16.3. The van der Waals surface area contributed by atoms with Crippen LogP contribution in [0, 0.1) is 0 Å². The lowest BCUT2D eigenvalue weighted by Crippen LogP contribution is -2.37. The van der Waals surface area contributed by atoms with Crippen molar-refractivity contribution in [3.63, 3.8) is 0 Å². The number of nitrogens with one attached hydrogen (secondary N) is 2. The van der Waals surface area contributed by atoms with Crippen molar-refractivity contribution >= 4 is 93.7 Å². The van der Waals surface area contributed by atoms with Gasteiger partial charge in [0.05, 0.1) is 31.9 Å². The maximum Gasteiger partial charge on any atom is 0.261 e. The third-order valence-electron chi connectivity index (χ3n) is 4.49. The first-order valence-electron chi connectivity index (χ1n) is 9.57. The Bertz CT molecular complexity index is 1470. The second-order valence-corrected chi connectivity index (χ2v) is 12.9. The average Bonchev–Trinajstić information content (AvgIpc) is 2.76. The SMILES string of the molecule is CS(=O)(=O)N(CC(=O)Nc1ccc(S(=O)(=O)Nc2ccc(Br)cc2)cc1)c1cc(Cl)c(Cl)cc1Cl. The Hall–Kier alpha value is -2.02. The van der Waals surface area contributed by atoms with Crippen LogP contribution in [0.4, 0.5) is 17.1 Å². The van der Waals surface area contributed by atoms with Gasteiger partial charge in [0, 0.05) is 15.8 Å². The van der Waals surface area contributed by atoms with Crippen LogP contribution in [-0.4, -0.2) is 35.5 Å². The van der Waals surface area contributed by atoms with E-state index >= 15 is 0 Å². The molecule has 0 unspecified atom stereocenters. The van der Waals surface area contributed by atoms with Gasteiger partial charge in [0.15, 0.2) is 0 Å². The molecule has 8 nitrogen and oxygen atoms in total. The number of carbonyl (C=O) groups excluding carboxylic acids is 1. The van der Waals surface area contributed by atoms with Crippen LogP contribution < -0.4 is 14.3 Å². The molecule has 0 aliphatic rings. The number of hydrogen-bond donors (Lipinski definition) is 2. The van der Waals surface area contributed by atoms with Gasteiger partial charge in [0.25, 0.3) is 10.0 Å². The highest BCUT2D eigenvalue weighted by Gasteiger charge is 2.24. The van der Waals surface area contributed by atoms with Gasteiger partial charge in [-0.05, 0) is 60.7 Å². The van der Waals surface area contributed by atoms with Gasteiger partial charge in [-0.25, -0.2) is 16.8 Å². The van der Waals surface area contributed by atoms with Crippen LogP contribution in [0.1, 0.15) is 0 Å². The molecule has 3 rings (SSSR count). The van der Waals surface area contributed by atoms with Crippen LogP contribution in [0.2, 0.25) is 15.1 Å². The Morgan fingerprint density at radius 3 is 1.97 bits per heavy atom. The molecular weight excluding hydrogens is 625 g/mol. The third kappa shape index (κ3) is 7.25. The van der Waals surface area contributed by atoms with Crippen molar-refractivity contribution in [1.29, 1.82) is 0 Å². The molecule has 0 aromatic heterocycles. The van der Waals surface area contributed by atoms with E-state index in [0.29, 0.717) is 5.69 Å². The zero-order valence-corrected chi connectivity index (χ0v) is 23.3.